The molecule has 2 saturated heterocycles. The van der Waals surface area contributed by atoms with Gasteiger partial charge in [0.2, 0.25) is 5.91 Å². The lowest BCUT2D eigenvalue weighted by atomic mass is 9.43. The Morgan fingerprint density at radius 2 is 1.89 bits per heavy atom. The van der Waals surface area contributed by atoms with Gasteiger partial charge in [0.05, 0.1) is 29.8 Å². The number of alkyl carbamates (subject to hydrolysis) is 1. The number of aryl methyl sites for hydroxylation is 1. The Balaban J connectivity index is 1.27. The van der Waals surface area contributed by atoms with Gasteiger partial charge in [-0.15, -0.1) is 0 Å². The Morgan fingerprint density at radius 1 is 1.16 bits per heavy atom. The highest BCUT2D eigenvalue weighted by Crippen LogP contribution is 2.65. The number of likely N-dealkylation sites (tertiary alicyclic amines) is 1. The summed E-state index contributed by atoms with van der Waals surface area (Å²) in [5.74, 6) is -0.239. The van der Waals surface area contributed by atoms with Crippen molar-refractivity contribution in [3.05, 3.63) is 35.4 Å². The Hall–Kier alpha value is -2.57. The average Bonchev–Trinajstić information content (AvgIpc) is 3.15. The first-order chi connectivity index (χ1) is 20.7. The van der Waals surface area contributed by atoms with Crippen molar-refractivity contribution in [2.24, 2.45) is 28.6 Å². The van der Waals surface area contributed by atoms with E-state index in [9.17, 15) is 14.9 Å². The van der Waals surface area contributed by atoms with Gasteiger partial charge >= 0.3 is 13.2 Å². The number of carbonyl (C=O) groups is 2. The summed E-state index contributed by atoms with van der Waals surface area (Å²) < 4.78 is 19.2. The molecule has 2 heterocycles. The second kappa shape index (κ2) is 12.7. The number of rotatable bonds is 8. The highest BCUT2D eigenvalue weighted by atomic mass is 16.7. The number of amides is 2. The summed E-state index contributed by atoms with van der Waals surface area (Å²) in [7, 11) is -0.584. The Kier molecular flexibility index (Phi) is 9.45. The lowest BCUT2D eigenvalue weighted by Gasteiger charge is -2.64. The molecule has 3 saturated carbocycles. The summed E-state index contributed by atoms with van der Waals surface area (Å²) in [6.07, 6.45) is 6.23. The number of ether oxygens (including phenoxy) is 1. The molecule has 5 aliphatic rings. The van der Waals surface area contributed by atoms with Gasteiger partial charge in [0.25, 0.3) is 0 Å². The van der Waals surface area contributed by atoms with Gasteiger partial charge < -0.3 is 24.3 Å². The van der Waals surface area contributed by atoms with Crippen molar-refractivity contribution in [1.82, 2.24) is 10.2 Å². The fraction of sp³-hybridized carbons (Fsp3) is 0.743. The minimum atomic E-state index is -0.707. The SMILES string of the molecule is Cc1ccc(C[C@H](NC(=O)OC[C@H]2CCCCCN2C(=O)C(C#N)CC(C)(C)C)B2O[C@@H]3C[C@@H]4C[C@@H](C4(C)C)[C@]3(C)O2)cc1. The van der Waals surface area contributed by atoms with Crippen LogP contribution in [0.1, 0.15) is 97.6 Å². The van der Waals surface area contributed by atoms with Crippen LogP contribution in [0.4, 0.5) is 4.79 Å². The topological polar surface area (TPSA) is 101 Å². The van der Waals surface area contributed by atoms with Crippen LogP contribution in [0.3, 0.4) is 0 Å². The smallest absolute Gasteiger partial charge is 0.447 e. The summed E-state index contributed by atoms with van der Waals surface area (Å²) in [5.41, 5.74) is 1.96. The van der Waals surface area contributed by atoms with Crippen molar-refractivity contribution >= 4 is 19.1 Å². The number of nitrogens with one attached hydrogen (secondary N) is 1. The third kappa shape index (κ3) is 6.82. The normalized spacial score (nSPS) is 30.7. The predicted octanol–water partition coefficient (Wildman–Crippen LogP) is 6.25. The zero-order valence-electron chi connectivity index (χ0n) is 27.9. The van der Waals surface area contributed by atoms with E-state index >= 15 is 0 Å². The molecule has 2 bridgehead atoms. The standard InChI is InChI=1S/C35H52BN3O5/c1-23-12-14-24(15-13-23)17-30(36-43-29-19-26-18-28(34(26,5)6)35(29,7)44-36)38-32(41)42-22-27-11-9-8-10-16-39(27)31(40)25(21-37)20-33(2,3)4/h12-15,25-30H,8-11,16-20,22H2,1-7H3,(H,38,41)/t25?,26-,27+,28-,29+,30-,35-/m0/s1. The zero-order chi connectivity index (χ0) is 31.9. The minimum Gasteiger partial charge on any atom is -0.447 e. The summed E-state index contributed by atoms with van der Waals surface area (Å²) in [6.45, 7) is 15.7. The van der Waals surface area contributed by atoms with E-state index < -0.39 is 25.1 Å². The molecule has 0 aromatic heterocycles. The van der Waals surface area contributed by atoms with Crippen LogP contribution in [0.15, 0.2) is 24.3 Å². The molecule has 7 atom stereocenters. The molecule has 9 heteroatoms. The number of hydrogen-bond donors (Lipinski definition) is 1. The van der Waals surface area contributed by atoms with E-state index in [2.05, 4.69) is 63.3 Å². The molecular weight excluding hydrogens is 553 g/mol. The van der Waals surface area contributed by atoms with Gasteiger partial charge in [-0.2, -0.15) is 5.26 Å². The van der Waals surface area contributed by atoms with Crippen LogP contribution < -0.4 is 5.32 Å². The molecule has 1 aromatic carbocycles. The van der Waals surface area contributed by atoms with Crippen LogP contribution in [-0.4, -0.2) is 60.9 Å². The largest absolute Gasteiger partial charge is 0.482 e. The van der Waals surface area contributed by atoms with E-state index in [4.69, 9.17) is 14.0 Å². The number of benzene rings is 1. The van der Waals surface area contributed by atoms with E-state index in [1.165, 1.54) is 5.56 Å². The second-order valence-corrected chi connectivity index (χ2v) is 15.9. The number of carbonyl (C=O) groups excluding carboxylic acids is 2. The first-order valence-electron chi connectivity index (χ1n) is 16.7. The van der Waals surface area contributed by atoms with Gasteiger partial charge in [-0.05, 0) is 80.6 Å². The minimum absolute atomic E-state index is 0.00866. The maximum absolute atomic E-state index is 13.5. The Morgan fingerprint density at radius 3 is 2.55 bits per heavy atom. The fourth-order valence-electron chi connectivity index (χ4n) is 8.27. The molecule has 6 rings (SSSR count). The van der Waals surface area contributed by atoms with Gasteiger partial charge in [0.15, 0.2) is 0 Å². The monoisotopic (exact) mass is 605 g/mol. The number of nitrogens with zero attached hydrogens (tertiary/aromatic N) is 2. The molecular formula is C35H52BN3O5. The van der Waals surface area contributed by atoms with Crippen LogP contribution in [0.2, 0.25) is 0 Å². The molecule has 0 radical (unpaired) electrons. The van der Waals surface area contributed by atoms with E-state index in [1.807, 2.05) is 20.8 Å². The molecule has 2 amide bonds. The summed E-state index contributed by atoms with van der Waals surface area (Å²) in [6, 6.07) is 10.3. The number of hydrogen-bond acceptors (Lipinski definition) is 6. The fourth-order valence-corrected chi connectivity index (χ4v) is 8.27. The van der Waals surface area contributed by atoms with Gasteiger partial charge in [0, 0.05) is 6.54 Å². The van der Waals surface area contributed by atoms with Crippen LogP contribution in [0, 0.1) is 46.8 Å². The average molecular weight is 606 g/mol. The van der Waals surface area contributed by atoms with Gasteiger partial charge in [-0.3, -0.25) is 4.79 Å². The second-order valence-electron chi connectivity index (χ2n) is 15.9. The molecule has 1 aromatic rings. The highest BCUT2D eigenvalue weighted by Gasteiger charge is 2.68. The first-order valence-corrected chi connectivity index (χ1v) is 16.7. The Bertz CT molecular complexity index is 1240. The molecule has 1 unspecified atom stereocenters. The van der Waals surface area contributed by atoms with Crippen molar-refractivity contribution in [3.63, 3.8) is 0 Å². The lowest BCUT2D eigenvalue weighted by molar-refractivity contribution is -0.199. The summed E-state index contributed by atoms with van der Waals surface area (Å²) in [5, 5.41) is 12.9. The zero-order valence-corrected chi connectivity index (χ0v) is 27.9. The quantitative estimate of drug-likeness (QED) is 0.352. The van der Waals surface area contributed by atoms with Crippen molar-refractivity contribution in [2.45, 2.75) is 124 Å². The van der Waals surface area contributed by atoms with Gasteiger partial charge in [0.1, 0.15) is 12.5 Å². The highest BCUT2D eigenvalue weighted by molar-refractivity contribution is 6.47. The van der Waals surface area contributed by atoms with E-state index in [0.29, 0.717) is 31.2 Å². The molecule has 240 valence electrons. The molecule has 1 N–H and O–H groups in total. The maximum Gasteiger partial charge on any atom is 0.482 e. The van der Waals surface area contributed by atoms with E-state index in [-0.39, 0.29) is 41.1 Å². The lowest BCUT2D eigenvalue weighted by Crippen LogP contribution is -2.65. The number of nitriles is 1. The van der Waals surface area contributed by atoms with Crippen LogP contribution >= 0.6 is 0 Å². The van der Waals surface area contributed by atoms with E-state index in [1.54, 1.807) is 4.90 Å². The van der Waals surface area contributed by atoms with Gasteiger partial charge in [-0.25, -0.2) is 4.79 Å². The maximum atomic E-state index is 13.5. The van der Waals surface area contributed by atoms with E-state index in [0.717, 1.165) is 44.1 Å². The molecule has 3 aliphatic carbocycles. The molecule has 8 nitrogen and oxygen atoms in total. The Labute approximate surface area is 264 Å². The summed E-state index contributed by atoms with van der Waals surface area (Å²) >= 11 is 0. The first kappa shape index (κ1) is 32.8. The van der Waals surface area contributed by atoms with Crippen LogP contribution in [0.5, 0.6) is 0 Å². The molecule has 44 heavy (non-hydrogen) atoms. The third-order valence-corrected chi connectivity index (χ3v) is 11.0. The van der Waals surface area contributed by atoms with Crippen molar-refractivity contribution in [2.75, 3.05) is 13.2 Å². The van der Waals surface area contributed by atoms with Crippen molar-refractivity contribution < 1.29 is 23.6 Å². The van der Waals surface area contributed by atoms with Gasteiger partial charge in [-0.1, -0.05) is 77.3 Å². The summed E-state index contributed by atoms with van der Waals surface area (Å²) in [4.78, 5) is 28.7. The third-order valence-electron chi connectivity index (χ3n) is 11.0. The van der Waals surface area contributed by atoms with Crippen molar-refractivity contribution in [1.29, 1.82) is 5.26 Å². The molecule has 2 aliphatic heterocycles. The van der Waals surface area contributed by atoms with Crippen molar-refractivity contribution in [3.8, 4) is 6.07 Å². The van der Waals surface area contributed by atoms with Crippen LogP contribution in [0.25, 0.3) is 0 Å². The molecule has 5 fully saturated rings. The van der Waals surface area contributed by atoms with Crippen LogP contribution in [-0.2, 0) is 25.3 Å². The molecule has 0 spiro atoms. The predicted molar refractivity (Wildman–Crippen MR) is 170 cm³/mol.